The van der Waals surface area contributed by atoms with Crippen LogP contribution in [0.1, 0.15) is 57.8 Å². The van der Waals surface area contributed by atoms with Crippen LogP contribution in [0.25, 0.3) is 0 Å². The Balaban J connectivity index is 1.92. The number of rotatable bonds is 6. The van der Waals surface area contributed by atoms with Gasteiger partial charge in [0.15, 0.2) is 0 Å². The van der Waals surface area contributed by atoms with E-state index in [1.807, 2.05) is 0 Å². The highest BCUT2D eigenvalue weighted by atomic mass is 15.3. The summed E-state index contributed by atoms with van der Waals surface area (Å²) in [5.41, 5.74) is 0. The summed E-state index contributed by atoms with van der Waals surface area (Å²) >= 11 is 0. The summed E-state index contributed by atoms with van der Waals surface area (Å²) < 4.78 is 1.13. The molecule has 0 N–H and O–H groups in total. The standard InChI is InChI=1S/C14H30N/c1-15(2,3)13-9-5-8-12-14-10-6-4-7-11-14/h14H,4-13H2,1-3H3/q+1. The molecule has 1 aliphatic carbocycles. The van der Waals surface area contributed by atoms with Crippen LogP contribution in [0.15, 0.2) is 0 Å². The minimum atomic E-state index is 1.09. The van der Waals surface area contributed by atoms with Gasteiger partial charge in [0.1, 0.15) is 0 Å². The molecule has 90 valence electrons. The van der Waals surface area contributed by atoms with E-state index in [4.69, 9.17) is 0 Å². The van der Waals surface area contributed by atoms with Crippen molar-refractivity contribution in [2.24, 2.45) is 5.92 Å². The van der Waals surface area contributed by atoms with Gasteiger partial charge in [0.2, 0.25) is 0 Å². The minimum Gasteiger partial charge on any atom is -0.331 e. The van der Waals surface area contributed by atoms with Gasteiger partial charge in [0, 0.05) is 0 Å². The van der Waals surface area contributed by atoms with E-state index in [2.05, 4.69) is 21.1 Å². The molecule has 1 rings (SSSR count). The van der Waals surface area contributed by atoms with Crippen molar-refractivity contribution in [1.29, 1.82) is 0 Å². The van der Waals surface area contributed by atoms with Gasteiger partial charge in [-0.3, -0.25) is 0 Å². The maximum absolute atomic E-state index is 2.29. The van der Waals surface area contributed by atoms with Crippen molar-refractivity contribution in [3.63, 3.8) is 0 Å². The second-order valence-corrected chi connectivity index (χ2v) is 6.37. The van der Waals surface area contributed by atoms with Gasteiger partial charge >= 0.3 is 0 Å². The molecule has 0 aromatic rings. The Hall–Kier alpha value is -0.0400. The Kier molecular flexibility index (Phi) is 5.66. The van der Waals surface area contributed by atoms with Gasteiger partial charge in [-0.25, -0.2) is 0 Å². The molecule has 0 radical (unpaired) electrons. The van der Waals surface area contributed by atoms with E-state index in [9.17, 15) is 0 Å². The zero-order chi connectivity index (χ0) is 11.1. The average Bonchev–Trinajstić information content (AvgIpc) is 2.17. The molecule has 0 aromatic heterocycles. The summed E-state index contributed by atoms with van der Waals surface area (Å²) in [4.78, 5) is 0. The third-order valence-corrected chi connectivity index (χ3v) is 3.67. The summed E-state index contributed by atoms with van der Waals surface area (Å²) in [6, 6.07) is 0. The lowest BCUT2D eigenvalue weighted by Gasteiger charge is -2.24. The van der Waals surface area contributed by atoms with Gasteiger partial charge in [-0.2, -0.15) is 0 Å². The first kappa shape index (κ1) is 13.0. The lowest BCUT2D eigenvalue weighted by atomic mass is 9.85. The van der Waals surface area contributed by atoms with Crippen LogP contribution < -0.4 is 0 Å². The van der Waals surface area contributed by atoms with E-state index < -0.39 is 0 Å². The van der Waals surface area contributed by atoms with Gasteiger partial charge in [0.25, 0.3) is 0 Å². The molecular weight excluding hydrogens is 182 g/mol. The largest absolute Gasteiger partial charge is 0.331 e. The van der Waals surface area contributed by atoms with Crippen molar-refractivity contribution in [1.82, 2.24) is 0 Å². The van der Waals surface area contributed by atoms with Gasteiger partial charge in [-0.15, -0.1) is 0 Å². The molecule has 1 fully saturated rings. The Morgan fingerprint density at radius 2 is 1.53 bits per heavy atom. The fraction of sp³-hybridized carbons (Fsp3) is 1.00. The Bertz CT molecular complexity index is 151. The molecule has 0 atom stereocenters. The van der Waals surface area contributed by atoms with E-state index in [-0.39, 0.29) is 0 Å². The van der Waals surface area contributed by atoms with E-state index in [0.717, 1.165) is 10.4 Å². The highest BCUT2D eigenvalue weighted by molar-refractivity contribution is 4.65. The second-order valence-electron chi connectivity index (χ2n) is 6.37. The molecule has 0 amide bonds. The van der Waals surface area contributed by atoms with Crippen molar-refractivity contribution < 1.29 is 4.48 Å². The van der Waals surface area contributed by atoms with E-state index >= 15 is 0 Å². The quantitative estimate of drug-likeness (QED) is 0.463. The SMILES string of the molecule is C[N+](C)(C)CCCCCC1CCCCC1. The van der Waals surface area contributed by atoms with Gasteiger partial charge in [-0.05, 0) is 18.8 Å². The summed E-state index contributed by atoms with van der Waals surface area (Å²) in [5, 5.41) is 0. The van der Waals surface area contributed by atoms with Crippen LogP contribution in [-0.4, -0.2) is 32.2 Å². The topological polar surface area (TPSA) is 0 Å². The molecule has 0 spiro atoms. The molecule has 0 heterocycles. The van der Waals surface area contributed by atoms with Gasteiger partial charge in [-0.1, -0.05) is 44.9 Å². The first-order valence-electron chi connectivity index (χ1n) is 6.88. The van der Waals surface area contributed by atoms with E-state index in [0.29, 0.717) is 0 Å². The minimum absolute atomic E-state index is 1.09. The third-order valence-electron chi connectivity index (χ3n) is 3.67. The van der Waals surface area contributed by atoms with Crippen molar-refractivity contribution in [2.45, 2.75) is 57.8 Å². The molecule has 1 saturated carbocycles. The van der Waals surface area contributed by atoms with Crippen LogP contribution in [0.4, 0.5) is 0 Å². The summed E-state index contributed by atoms with van der Waals surface area (Å²) in [6.45, 7) is 1.34. The molecule has 15 heavy (non-hydrogen) atoms. The first-order valence-corrected chi connectivity index (χ1v) is 6.88. The molecule has 1 aliphatic rings. The molecule has 0 aromatic carbocycles. The molecule has 1 heteroatoms. The second kappa shape index (κ2) is 6.52. The van der Waals surface area contributed by atoms with Crippen molar-refractivity contribution in [3.05, 3.63) is 0 Å². The number of hydrogen-bond donors (Lipinski definition) is 0. The monoisotopic (exact) mass is 212 g/mol. The fourth-order valence-electron chi connectivity index (χ4n) is 2.67. The van der Waals surface area contributed by atoms with Crippen LogP contribution in [0.3, 0.4) is 0 Å². The molecule has 0 aliphatic heterocycles. The lowest BCUT2D eigenvalue weighted by Crippen LogP contribution is -2.35. The van der Waals surface area contributed by atoms with Crippen LogP contribution in [0.2, 0.25) is 0 Å². The summed E-state index contributed by atoms with van der Waals surface area (Å²) in [5.74, 6) is 1.09. The molecular formula is C14H30N+. The maximum atomic E-state index is 2.29. The van der Waals surface area contributed by atoms with Crippen LogP contribution in [-0.2, 0) is 0 Å². The van der Waals surface area contributed by atoms with E-state index in [1.54, 1.807) is 0 Å². The Morgan fingerprint density at radius 3 is 2.13 bits per heavy atom. The smallest absolute Gasteiger partial charge is 0.0780 e. The average molecular weight is 212 g/mol. The normalized spacial score (nSPS) is 19.4. The highest BCUT2D eigenvalue weighted by Gasteiger charge is 2.12. The fourth-order valence-corrected chi connectivity index (χ4v) is 2.67. The predicted molar refractivity (Wildman–Crippen MR) is 67.9 cm³/mol. The summed E-state index contributed by atoms with van der Waals surface area (Å²) in [7, 11) is 6.88. The van der Waals surface area contributed by atoms with Crippen molar-refractivity contribution >= 4 is 0 Å². The molecule has 0 bridgehead atoms. The van der Waals surface area contributed by atoms with E-state index in [1.165, 1.54) is 64.3 Å². The third kappa shape index (κ3) is 6.94. The van der Waals surface area contributed by atoms with Crippen LogP contribution in [0, 0.1) is 5.92 Å². The van der Waals surface area contributed by atoms with Gasteiger partial charge in [0.05, 0.1) is 27.7 Å². The number of unbranched alkanes of at least 4 members (excludes halogenated alkanes) is 2. The Morgan fingerprint density at radius 1 is 0.867 bits per heavy atom. The zero-order valence-corrected chi connectivity index (χ0v) is 11.1. The first-order chi connectivity index (χ1) is 7.08. The molecule has 0 unspecified atom stereocenters. The summed E-state index contributed by atoms with van der Waals surface area (Å²) in [6.07, 6.45) is 13.4. The Labute approximate surface area is 96.4 Å². The zero-order valence-electron chi connectivity index (χ0n) is 11.1. The van der Waals surface area contributed by atoms with Crippen LogP contribution >= 0.6 is 0 Å². The predicted octanol–water partition coefficient (Wildman–Crippen LogP) is 3.83. The maximum Gasteiger partial charge on any atom is 0.0780 e. The van der Waals surface area contributed by atoms with Crippen molar-refractivity contribution in [3.8, 4) is 0 Å². The number of quaternary nitrogens is 1. The van der Waals surface area contributed by atoms with Gasteiger partial charge < -0.3 is 4.48 Å². The highest BCUT2D eigenvalue weighted by Crippen LogP contribution is 2.27. The number of hydrogen-bond acceptors (Lipinski definition) is 0. The number of nitrogens with zero attached hydrogens (tertiary/aromatic N) is 1. The lowest BCUT2D eigenvalue weighted by molar-refractivity contribution is -0.870. The van der Waals surface area contributed by atoms with Crippen LogP contribution in [0.5, 0.6) is 0 Å². The van der Waals surface area contributed by atoms with Crippen molar-refractivity contribution in [2.75, 3.05) is 27.7 Å². The molecule has 1 nitrogen and oxygen atoms in total. The molecule has 0 saturated heterocycles.